The molecule has 0 fully saturated rings. The molecule has 0 aliphatic rings. The molecular formula is C67H114O6. The van der Waals surface area contributed by atoms with E-state index in [2.05, 4.69) is 112 Å². The Morgan fingerprint density at radius 3 is 0.918 bits per heavy atom. The summed E-state index contributed by atoms with van der Waals surface area (Å²) in [6, 6.07) is 0. The fourth-order valence-corrected chi connectivity index (χ4v) is 8.57. The minimum atomic E-state index is -0.814. The highest BCUT2D eigenvalue weighted by Gasteiger charge is 2.19. The Morgan fingerprint density at radius 1 is 0.288 bits per heavy atom. The van der Waals surface area contributed by atoms with Crippen molar-refractivity contribution in [2.45, 2.75) is 297 Å². The van der Waals surface area contributed by atoms with Crippen LogP contribution in [0.25, 0.3) is 0 Å². The molecule has 0 bridgehead atoms. The first-order valence-electron chi connectivity index (χ1n) is 30.7. The van der Waals surface area contributed by atoms with E-state index in [1.54, 1.807) is 0 Å². The molecule has 0 aliphatic carbocycles. The zero-order chi connectivity index (χ0) is 52.9. The molecule has 0 saturated heterocycles. The van der Waals surface area contributed by atoms with Crippen LogP contribution in [0.3, 0.4) is 0 Å². The second kappa shape index (κ2) is 60.9. The second-order valence-electron chi connectivity index (χ2n) is 20.2. The van der Waals surface area contributed by atoms with Gasteiger partial charge < -0.3 is 14.2 Å². The zero-order valence-electron chi connectivity index (χ0n) is 47.9. The van der Waals surface area contributed by atoms with Gasteiger partial charge in [-0.3, -0.25) is 14.4 Å². The van der Waals surface area contributed by atoms with Crippen molar-refractivity contribution in [3.05, 3.63) is 97.2 Å². The Hall–Kier alpha value is -3.67. The van der Waals surface area contributed by atoms with Gasteiger partial charge in [0.05, 0.1) is 0 Å². The molecule has 0 spiro atoms. The Balaban J connectivity index is 4.37. The van der Waals surface area contributed by atoms with Crippen LogP contribution in [0.1, 0.15) is 290 Å². The van der Waals surface area contributed by atoms with Gasteiger partial charge in [0.2, 0.25) is 0 Å². The number of ether oxygens (including phenoxy) is 3. The molecule has 0 saturated carbocycles. The fraction of sp³-hybridized carbons (Fsp3) is 0.716. The fourth-order valence-electron chi connectivity index (χ4n) is 8.57. The molecule has 73 heavy (non-hydrogen) atoms. The molecule has 6 nitrogen and oxygen atoms in total. The number of esters is 3. The number of hydrogen-bond donors (Lipinski definition) is 0. The minimum Gasteiger partial charge on any atom is -0.462 e. The van der Waals surface area contributed by atoms with Gasteiger partial charge in [-0.25, -0.2) is 0 Å². The SMILES string of the molecule is CC/C=C\C/C=C\C/C=C\C/C=C\CCCCCCCCC(=O)OC(COC(=O)CC/C=C\C/C=C\C/C=C\C/C=C\CC)COC(=O)CCCCCCCCCCCCCCCCCCCCCCCCC. The predicted octanol–water partition coefficient (Wildman–Crippen LogP) is 20.9. The van der Waals surface area contributed by atoms with Crippen molar-refractivity contribution in [3.8, 4) is 0 Å². The first kappa shape index (κ1) is 69.3. The second-order valence-corrected chi connectivity index (χ2v) is 20.2. The highest BCUT2D eigenvalue weighted by atomic mass is 16.6. The summed E-state index contributed by atoms with van der Waals surface area (Å²) in [6.07, 6.45) is 81.5. The topological polar surface area (TPSA) is 78.9 Å². The first-order chi connectivity index (χ1) is 36.0. The summed E-state index contributed by atoms with van der Waals surface area (Å²) in [5, 5.41) is 0. The van der Waals surface area contributed by atoms with Gasteiger partial charge in [0.15, 0.2) is 6.10 Å². The first-order valence-corrected chi connectivity index (χ1v) is 30.7. The van der Waals surface area contributed by atoms with Crippen LogP contribution in [0.4, 0.5) is 0 Å². The van der Waals surface area contributed by atoms with Crippen molar-refractivity contribution in [2.24, 2.45) is 0 Å². The highest BCUT2D eigenvalue weighted by molar-refractivity contribution is 5.71. The average Bonchev–Trinajstić information content (AvgIpc) is 3.39. The van der Waals surface area contributed by atoms with E-state index in [-0.39, 0.29) is 37.5 Å². The lowest BCUT2D eigenvalue weighted by atomic mass is 10.0. The van der Waals surface area contributed by atoms with Crippen molar-refractivity contribution in [1.82, 2.24) is 0 Å². The number of carbonyl (C=O) groups excluding carboxylic acids is 3. The number of allylic oxidation sites excluding steroid dienone is 16. The monoisotopic (exact) mass is 1010 g/mol. The van der Waals surface area contributed by atoms with Crippen LogP contribution < -0.4 is 0 Å². The maximum absolute atomic E-state index is 12.9. The van der Waals surface area contributed by atoms with E-state index in [9.17, 15) is 14.4 Å². The Kier molecular flexibility index (Phi) is 57.8. The van der Waals surface area contributed by atoms with E-state index in [1.165, 1.54) is 141 Å². The van der Waals surface area contributed by atoms with Crippen molar-refractivity contribution < 1.29 is 28.6 Å². The third kappa shape index (κ3) is 59.1. The number of hydrogen-bond acceptors (Lipinski definition) is 6. The molecule has 1 atom stereocenters. The minimum absolute atomic E-state index is 0.104. The maximum atomic E-state index is 12.9. The van der Waals surface area contributed by atoms with E-state index in [0.717, 1.165) is 103 Å². The molecule has 1 unspecified atom stereocenters. The van der Waals surface area contributed by atoms with E-state index in [0.29, 0.717) is 19.3 Å². The summed E-state index contributed by atoms with van der Waals surface area (Å²) in [6.45, 7) is 6.36. The summed E-state index contributed by atoms with van der Waals surface area (Å²) in [5.41, 5.74) is 0. The van der Waals surface area contributed by atoms with Crippen LogP contribution in [-0.4, -0.2) is 37.2 Å². The van der Waals surface area contributed by atoms with Crippen LogP contribution in [0.5, 0.6) is 0 Å². The zero-order valence-corrected chi connectivity index (χ0v) is 47.9. The molecule has 0 rings (SSSR count). The summed E-state index contributed by atoms with van der Waals surface area (Å²) in [5.74, 6) is -0.995. The van der Waals surface area contributed by atoms with Gasteiger partial charge in [0, 0.05) is 19.3 Å². The predicted molar refractivity (Wildman–Crippen MR) is 316 cm³/mol. The van der Waals surface area contributed by atoms with Gasteiger partial charge in [-0.15, -0.1) is 0 Å². The van der Waals surface area contributed by atoms with Crippen LogP contribution in [-0.2, 0) is 28.6 Å². The third-order valence-electron chi connectivity index (χ3n) is 13.1. The normalized spacial score (nSPS) is 12.8. The van der Waals surface area contributed by atoms with Gasteiger partial charge in [-0.2, -0.15) is 0 Å². The van der Waals surface area contributed by atoms with Gasteiger partial charge in [-0.05, 0) is 83.5 Å². The molecule has 0 heterocycles. The third-order valence-corrected chi connectivity index (χ3v) is 13.1. The average molecular weight is 1020 g/mol. The van der Waals surface area contributed by atoms with Gasteiger partial charge in [-0.1, -0.05) is 285 Å². The van der Waals surface area contributed by atoms with Crippen LogP contribution >= 0.6 is 0 Å². The van der Waals surface area contributed by atoms with Crippen LogP contribution in [0, 0.1) is 0 Å². The van der Waals surface area contributed by atoms with Crippen molar-refractivity contribution in [3.63, 3.8) is 0 Å². The van der Waals surface area contributed by atoms with Crippen LogP contribution in [0.2, 0.25) is 0 Å². The maximum Gasteiger partial charge on any atom is 0.306 e. The Labute approximate surface area is 451 Å². The lowest BCUT2D eigenvalue weighted by Crippen LogP contribution is -2.30. The van der Waals surface area contributed by atoms with E-state index < -0.39 is 6.10 Å². The summed E-state index contributed by atoms with van der Waals surface area (Å²) in [7, 11) is 0. The summed E-state index contributed by atoms with van der Waals surface area (Å²) in [4.78, 5) is 38.2. The Bertz CT molecular complexity index is 1440. The molecule has 0 radical (unpaired) electrons. The highest BCUT2D eigenvalue weighted by Crippen LogP contribution is 2.17. The molecule has 0 amide bonds. The molecule has 418 valence electrons. The van der Waals surface area contributed by atoms with Crippen LogP contribution in [0.15, 0.2) is 97.2 Å². The van der Waals surface area contributed by atoms with E-state index in [1.807, 2.05) is 6.08 Å². The van der Waals surface area contributed by atoms with Gasteiger partial charge >= 0.3 is 17.9 Å². The molecule has 0 aromatic carbocycles. The lowest BCUT2D eigenvalue weighted by Gasteiger charge is -2.18. The standard InChI is InChI=1S/C67H114O6/c1-4-7-10-13-16-19-22-25-27-29-31-32-33-34-36-37-39-42-45-48-51-54-57-60-66(69)72-63-64(62-71-65(68)59-56-53-50-47-44-41-24-21-18-15-12-9-6-3)73-67(70)61-58-55-52-49-46-43-40-38-35-30-28-26-23-20-17-14-11-8-5-2/h8-9,11-12,17-18,20-21,26,28,35,38,41,44,50,53,64H,4-7,10,13-16,19,22-25,27,29-34,36-37,39-40,42-43,45-49,51-52,54-63H2,1-3H3/b11-8-,12-9-,20-17-,21-18-,28-26-,38-35-,44-41-,53-50-. The Morgan fingerprint density at radius 2 is 0.562 bits per heavy atom. The number of carbonyl (C=O) groups is 3. The van der Waals surface area contributed by atoms with Gasteiger partial charge in [0.1, 0.15) is 13.2 Å². The molecule has 0 aliphatic heterocycles. The summed E-state index contributed by atoms with van der Waals surface area (Å²) >= 11 is 0. The quantitative estimate of drug-likeness (QED) is 0.0261. The number of rotatable bonds is 55. The van der Waals surface area contributed by atoms with Crippen molar-refractivity contribution in [1.29, 1.82) is 0 Å². The lowest BCUT2D eigenvalue weighted by molar-refractivity contribution is -0.166. The molecule has 6 heteroatoms. The summed E-state index contributed by atoms with van der Waals surface area (Å²) < 4.78 is 16.8. The van der Waals surface area contributed by atoms with Crippen molar-refractivity contribution >= 4 is 17.9 Å². The molecule has 0 N–H and O–H groups in total. The van der Waals surface area contributed by atoms with Gasteiger partial charge in [0.25, 0.3) is 0 Å². The van der Waals surface area contributed by atoms with E-state index in [4.69, 9.17) is 14.2 Å². The molecular weight excluding hydrogens is 901 g/mol. The van der Waals surface area contributed by atoms with E-state index >= 15 is 0 Å². The molecule has 0 aromatic heterocycles. The molecule has 0 aromatic rings. The van der Waals surface area contributed by atoms with Crippen molar-refractivity contribution in [2.75, 3.05) is 13.2 Å². The number of unbranched alkanes of at least 4 members (excludes halogenated alkanes) is 28. The smallest absolute Gasteiger partial charge is 0.306 e. The largest absolute Gasteiger partial charge is 0.462 e.